The smallest absolute Gasteiger partial charge is 0.261 e. The Hall–Kier alpha value is -2.76. The molecule has 2 aromatic heterocycles. The van der Waals surface area contributed by atoms with Gasteiger partial charge in [0.25, 0.3) is 5.89 Å². The van der Waals surface area contributed by atoms with E-state index in [1.54, 1.807) is 13.3 Å². The van der Waals surface area contributed by atoms with Crippen LogP contribution in [0.25, 0.3) is 22.8 Å². The minimum atomic E-state index is 0.00890. The lowest BCUT2D eigenvalue weighted by atomic mass is 9.86. The third-order valence-corrected chi connectivity index (χ3v) is 4.06. The Labute approximate surface area is 147 Å². The quantitative estimate of drug-likeness (QED) is 0.715. The summed E-state index contributed by atoms with van der Waals surface area (Å²) < 4.78 is 10.9. The van der Waals surface area contributed by atoms with E-state index < -0.39 is 0 Å². The molecule has 3 aromatic rings. The van der Waals surface area contributed by atoms with Crippen LogP contribution in [0.3, 0.4) is 0 Å². The molecular weight excluding hydrogens is 316 g/mol. The van der Waals surface area contributed by atoms with Gasteiger partial charge in [0, 0.05) is 6.20 Å². The molecule has 6 nitrogen and oxygen atoms in total. The Morgan fingerprint density at radius 3 is 2.44 bits per heavy atom. The van der Waals surface area contributed by atoms with Crippen molar-refractivity contribution in [1.82, 2.24) is 20.1 Å². The highest BCUT2D eigenvalue weighted by Crippen LogP contribution is 2.34. The minimum Gasteiger partial charge on any atom is -0.496 e. The highest BCUT2D eigenvalue weighted by molar-refractivity contribution is 5.67. The maximum absolute atomic E-state index is 5.48. The van der Waals surface area contributed by atoms with Gasteiger partial charge in [0.1, 0.15) is 11.6 Å². The lowest BCUT2D eigenvalue weighted by molar-refractivity contribution is 0.413. The highest BCUT2D eigenvalue weighted by atomic mass is 16.5. The Bertz CT molecular complexity index is 910. The first-order valence-corrected chi connectivity index (χ1v) is 8.13. The van der Waals surface area contributed by atoms with Crippen molar-refractivity contribution in [3.8, 4) is 28.6 Å². The Morgan fingerprint density at radius 1 is 1.04 bits per heavy atom. The molecule has 130 valence electrons. The van der Waals surface area contributed by atoms with Crippen LogP contribution < -0.4 is 4.74 Å². The maximum Gasteiger partial charge on any atom is 0.261 e. The van der Waals surface area contributed by atoms with Crippen molar-refractivity contribution in [2.24, 2.45) is 0 Å². The van der Waals surface area contributed by atoms with Crippen molar-refractivity contribution in [2.45, 2.75) is 40.0 Å². The molecule has 0 aliphatic heterocycles. The predicted molar refractivity (Wildman–Crippen MR) is 95.5 cm³/mol. The number of benzene rings is 1. The van der Waals surface area contributed by atoms with E-state index in [1.165, 1.54) is 5.56 Å². The first-order valence-electron chi connectivity index (χ1n) is 8.13. The first-order chi connectivity index (χ1) is 11.8. The van der Waals surface area contributed by atoms with Crippen LogP contribution in [0.4, 0.5) is 0 Å². The third kappa shape index (κ3) is 3.38. The van der Waals surface area contributed by atoms with Crippen LogP contribution in [0.5, 0.6) is 5.75 Å². The van der Waals surface area contributed by atoms with Crippen LogP contribution in [-0.2, 0) is 5.41 Å². The molecule has 0 spiro atoms. The molecule has 0 unspecified atom stereocenters. The molecule has 0 atom stereocenters. The molecule has 0 bridgehead atoms. The lowest BCUT2D eigenvalue weighted by Crippen LogP contribution is -2.11. The molecule has 0 saturated heterocycles. The zero-order valence-corrected chi connectivity index (χ0v) is 15.4. The van der Waals surface area contributed by atoms with Crippen LogP contribution in [0.2, 0.25) is 0 Å². The van der Waals surface area contributed by atoms with E-state index in [4.69, 9.17) is 9.26 Å². The number of aryl methyl sites for hydroxylation is 2. The van der Waals surface area contributed by atoms with Crippen molar-refractivity contribution < 1.29 is 9.26 Å². The van der Waals surface area contributed by atoms with Crippen molar-refractivity contribution >= 4 is 0 Å². The van der Waals surface area contributed by atoms with Crippen molar-refractivity contribution in [3.05, 3.63) is 41.5 Å². The van der Waals surface area contributed by atoms with Crippen LogP contribution in [0.15, 0.2) is 28.9 Å². The second-order valence-corrected chi connectivity index (χ2v) is 7.00. The maximum atomic E-state index is 5.48. The second-order valence-electron chi connectivity index (χ2n) is 7.00. The van der Waals surface area contributed by atoms with Gasteiger partial charge < -0.3 is 9.26 Å². The van der Waals surface area contributed by atoms with Crippen LogP contribution in [0.1, 0.15) is 37.9 Å². The van der Waals surface area contributed by atoms with E-state index >= 15 is 0 Å². The van der Waals surface area contributed by atoms with Gasteiger partial charge in [-0.1, -0.05) is 32.0 Å². The van der Waals surface area contributed by atoms with Crippen molar-refractivity contribution in [3.63, 3.8) is 0 Å². The van der Waals surface area contributed by atoms with E-state index in [1.807, 2.05) is 26.0 Å². The summed E-state index contributed by atoms with van der Waals surface area (Å²) in [5, 5.41) is 4.14. The summed E-state index contributed by atoms with van der Waals surface area (Å²) in [6.07, 6.45) is 1.71. The zero-order chi connectivity index (χ0) is 18.2. The molecular formula is C19H22N4O2. The monoisotopic (exact) mass is 338 g/mol. The molecule has 0 N–H and O–H groups in total. The number of hydrogen-bond acceptors (Lipinski definition) is 6. The summed E-state index contributed by atoms with van der Waals surface area (Å²) in [5.74, 6) is 2.30. The Kier molecular flexibility index (Phi) is 4.29. The largest absolute Gasteiger partial charge is 0.496 e. The van der Waals surface area contributed by atoms with Gasteiger partial charge >= 0.3 is 0 Å². The lowest BCUT2D eigenvalue weighted by Gasteiger charge is -2.20. The van der Waals surface area contributed by atoms with Gasteiger partial charge in [-0.05, 0) is 37.0 Å². The van der Waals surface area contributed by atoms with Crippen molar-refractivity contribution in [2.75, 3.05) is 7.11 Å². The van der Waals surface area contributed by atoms with E-state index in [0.29, 0.717) is 23.3 Å². The summed E-state index contributed by atoms with van der Waals surface area (Å²) in [4.78, 5) is 13.1. The Balaban J connectivity index is 2.07. The SMILES string of the molecule is COc1ccc(C(C)(C)C)cc1-c1noc(-c2cnc(C)nc2C)n1. The number of methoxy groups -OCH3 is 1. The van der Waals surface area contributed by atoms with Crippen molar-refractivity contribution in [1.29, 1.82) is 0 Å². The average molecular weight is 338 g/mol. The Morgan fingerprint density at radius 2 is 1.80 bits per heavy atom. The molecule has 0 saturated carbocycles. The van der Waals surface area contributed by atoms with Gasteiger partial charge in [0.05, 0.1) is 23.9 Å². The summed E-state index contributed by atoms with van der Waals surface area (Å²) in [6.45, 7) is 10.2. The van der Waals surface area contributed by atoms with E-state index in [2.05, 4.69) is 46.9 Å². The molecule has 0 fully saturated rings. The number of nitrogens with zero attached hydrogens (tertiary/aromatic N) is 4. The third-order valence-electron chi connectivity index (χ3n) is 4.06. The molecule has 25 heavy (non-hydrogen) atoms. The van der Waals surface area contributed by atoms with Crippen LogP contribution >= 0.6 is 0 Å². The summed E-state index contributed by atoms with van der Waals surface area (Å²) in [5.41, 5.74) is 3.52. The van der Waals surface area contributed by atoms with Gasteiger partial charge in [-0.15, -0.1) is 0 Å². The van der Waals surface area contributed by atoms with Crippen LogP contribution in [0, 0.1) is 13.8 Å². The molecule has 2 heterocycles. The fourth-order valence-electron chi connectivity index (χ4n) is 2.58. The van der Waals surface area contributed by atoms with E-state index in [0.717, 1.165) is 16.8 Å². The summed E-state index contributed by atoms with van der Waals surface area (Å²) >= 11 is 0. The highest BCUT2D eigenvalue weighted by Gasteiger charge is 2.20. The second kappa shape index (κ2) is 6.27. The van der Waals surface area contributed by atoms with Gasteiger partial charge in [-0.25, -0.2) is 9.97 Å². The first kappa shape index (κ1) is 17.1. The predicted octanol–water partition coefficient (Wildman–Crippen LogP) is 4.12. The number of ether oxygens (including phenoxy) is 1. The fraction of sp³-hybridized carbons (Fsp3) is 0.368. The standard InChI is InChI=1S/C19H22N4O2/c1-11-15(10-20-12(2)21-11)18-22-17(23-25-18)14-9-13(19(3,4)5)7-8-16(14)24-6/h7-10H,1-6H3. The normalized spacial score (nSPS) is 11.6. The van der Waals surface area contributed by atoms with Gasteiger partial charge in [-0.2, -0.15) is 4.98 Å². The van der Waals surface area contributed by atoms with Gasteiger partial charge in [0.2, 0.25) is 5.82 Å². The minimum absolute atomic E-state index is 0.00890. The topological polar surface area (TPSA) is 73.9 Å². The molecule has 0 aliphatic carbocycles. The van der Waals surface area contributed by atoms with Crippen LogP contribution in [-0.4, -0.2) is 27.2 Å². The molecule has 0 amide bonds. The van der Waals surface area contributed by atoms with E-state index in [9.17, 15) is 0 Å². The summed E-state index contributed by atoms with van der Waals surface area (Å²) in [7, 11) is 1.63. The van der Waals surface area contributed by atoms with Gasteiger partial charge in [-0.3, -0.25) is 0 Å². The van der Waals surface area contributed by atoms with Gasteiger partial charge in [0.15, 0.2) is 0 Å². The van der Waals surface area contributed by atoms with E-state index in [-0.39, 0.29) is 5.41 Å². The molecule has 1 aromatic carbocycles. The molecule has 0 radical (unpaired) electrons. The summed E-state index contributed by atoms with van der Waals surface area (Å²) in [6, 6.07) is 6.04. The molecule has 6 heteroatoms. The number of hydrogen-bond donors (Lipinski definition) is 0. The number of rotatable bonds is 3. The molecule has 0 aliphatic rings. The molecule has 3 rings (SSSR count). The zero-order valence-electron chi connectivity index (χ0n) is 15.4. The number of aromatic nitrogens is 4. The fourth-order valence-corrected chi connectivity index (χ4v) is 2.58. The average Bonchev–Trinajstić information content (AvgIpc) is 3.03.